The molecule has 0 aromatic carbocycles. The van der Waals surface area contributed by atoms with Gasteiger partial charge in [-0.1, -0.05) is 32.9 Å². The second-order valence-corrected chi connectivity index (χ2v) is 6.07. The molecule has 1 aliphatic heterocycles. The number of hydrogen-bond donors (Lipinski definition) is 2. The molecule has 17 heavy (non-hydrogen) atoms. The molecule has 3 N–H and O–H groups in total. The first-order valence-electron chi connectivity index (χ1n) is 6.18. The largest absolute Gasteiger partial charge is 0.339 e. The van der Waals surface area contributed by atoms with Crippen molar-refractivity contribution < 1.29 is 4.52 Å². The fraction of sp³-hybridized carbons (Fsp3) is 0.833. The first-order chi connectivity index (χ1) is 7.84. The number of piperidine rings is 1. The van der Waals surface area contributed by atoms with E-state index < -0.39 is 5.54 Å². The van der Waals surface area contributed by atoms with Crippen LogP contribution in [0.15, 0.2) is 4.52 Å². The maximum atomic E-state index is 6.46. The highest BCUT2D eigenvalue weighted by atomic mass is 16.5. The summed E-state index contributed by atoms with van der Waals surface area (Å²) in [4.78, 5) is 4.50. The van der Waals surface area contributed by atoms with Crippen molar-refractivity contribution in [2.24, 2.45) is 11.7 Å². The highest BCUT2D eigenvalue weighted by molar-refractivity contribution is 5.11. The van der Waals surface area contributed by atoms with Gasteiger partial charge in [-0.25, -0.2) is 0 Å². The topological polar surface area (TPSA) is 77.0 Å². The zero-order valence-electron chi connectivity index (χ0n) is 11.1. The van der Waals surface area contributed by atoms with Crippen LogP contribution in [0.2, 0.25) is 0 Å². The Balaban J connectivity index is 2.30. The SMILES string of the molecule is CC1CNCCC1(N)c1noc(C(C)(C)C)n1. The molecule has 1 saturated heterocycles. The Morgan fingerprint density at radius 1 is 1.47 bits per heavy atom. The van der Waals surface area contributed by atoms with Gasteiger partial charge in [0.2, 0.25) is 5.89 Å². The van der Waals surface area contributed by atoms with Gasteiger partial charge in [-0.15, -0.1) is 0 Å². The van der Waals surface area contributed by atoms with E-state index in [4.69, 9.17) is 10.3 Å². The number of aromatic nitrogens is 2. The van der Waals surface area contributed by atoms with Gasteiger partial charge in [0.1, 0.15) is 0 Å². The number of rotatable bonds is 1. The molecule has 1 aliphatic rings. The smallest absolute Gasteiger partial charge is 0.232 e. The molecule has 2 unspecified atom stereocenters. The minimum atomic E-state index is -0.460. The van der Waals surface area contributed by atoms with E-state index in [0.29, 0.717) is 17.6 Å². The number of nitrogens with two attached hydrogens (primary N) is 1. The molecule has 0 saturated carbocycles. The van der Waals surface area contributed by atoms with Crippen molar-refractivity contribution in [3.05, 3.63) is 11.7 Å². The fourth-order valence-corrected chi connectivity index (χ4v) is 2.09. The first kappa shape index (κ1) is 12.5. The van der Waals surface area contributed by atoms with Crippen LogP contribution in [-0.4, -0.2) is 23.2 Å². The molecule has 0 radical (unpaired) electrons. The average molecular weight is 238 g/mol. The molecule has 1 fully saturated rings. The van der Waals surface area contributed by atoms with E-state index >= 15 is 0 Å². The van der Waals surface area contributed by atoms with Crippen molar-refractivity contribution in [1.82, 2.24) is 15.5 Å². The average Bonchev–Trinajstić information content (AvgIpc) is 2.71. The van der Waals surface area contributed by atoms with Gasteiger partial charge in [0.05, 0.1) is 5.54 Å². The van der Waals surface area contributed by atoms with Crippen LogP contribution in [0.4, 0.5) is 0 Å². The Labute approximate surface area is 102 Å². The van der Waals surface area contributed by atoms with Gasteiger partial charge in [0.25, 0.3) is 0 Å². The van der Waals surface area contributed by atoms with Crippen molar-refractivity contribution in [1.29, 1.82) is 0 Å². The van der Waals surface area contributed by atoms with Crippen molar-refractivity contribution in [3.8, 4) is 0 Å². The fourth-order valence-electron chi connectivity index (χ4n) is 2.09. The van der Waals surface area contributed by atoms with Crippen molar-refractivity contribution >= 4 is 0 Å². The van der Waals surface area contributed by atoms with E-state index in [1.54, 1.807) is 0 Å². The molecule has 2 heterocycles. The predicted octanol–water partition coefficient (Wildman–Crippen LogP) is 1.15. The lowest BCUT2D eigenvalue weighted by atomic mass is 9.80. The monoisotopic (exact) mass is 238 g/mol. The summed E-state index contributed by atoms with van der Waals surface area (Å²) in [5.74, 6) is 1.61. The summed E-state index contributed by atoms with van der Waals surface area (Å²) in [5.41, 5.74) is 5.87. The van der Waals surface area contributed by atoms with Crippen molar-refractivity contribution in [2.45, 2.75) is 45.1 Å². The predicted molar refractivity (Wildman–Crippen MR) is 65.5 cm³/mol. The third kappa shape index (κ3) is 2.21. The molecule has 1 aromatic heterocycles. The minimum absolute atomic E-state index is 0.127. The molecule has 2 atom stereocenters. The number of hydrogen-bond acceptors (Lipinski definition) is 5. The highest BCUT2D eigenvalue weighted by Gasteiger charge is 2.40. The van der Waals surface area contributed by atoms with Crippen LogP contribution in [0.1, 0.15) is 45.8 Å². The lowest BCUT2D eigenvalue weighted by Gasteiger charge is -2.37. The Morgan fingerprint density at radius 2 is 2.18 bits per heavy atom. The summed E-state index contributed by atoms with van der Waals surface area (Å²) in [7, 11) is 0. The molecule has 0 amide bonds. The highest BCUT2D eigenvalue weighted by Crippen LogP contribution is 2.31. The Morgan fingerprint density at radius 3 is 2.71 bits per heavy atom. The van der Waals surface area contributed by atoms with E-state index in [1.807, 2.05) is 0 Å². The maximum absolute atomic E-state index is 6.46. The van der Waals surface area contributed by atoms with Gasteiger partial charge in [-0.2, -0.15) is 4.98 Å². The van der Waals surface area contributed by atoms with Gasteiger partial charge in [-0.05, 0) is 25.4 Å². The molecule has 1 aromatic rings. The zero-order chi connectivity index (χ0) is 12.7. The summed E-state index contributed by atoms with van der Waals surface area (Å²) in [6.07, 6.45) is 0.845. The third-order valence-corrected chi connectivity index (χ3v) is 3.53. The minimum Gasteiger partial charge on any atom is -0.339 e. The van der Waals surface area contributed by atoms with Gasteiger partial charge < -0.3 is 15.6 Å². The second kappa shape index (κ2) is 4.07. The van der Waals surface area contributed by atoms with Crippen molar-refractivity contribution in [2.75, 3.05) is 13.1 Å². The molecular formula is C12H22N4O. The van der Waals surface area contributed by atoms with E-state index in [0.717, 1.165) is 19.5 Å². The molecule has 0 bridgehead atoms. The van der Waals surface area contributed by atoms with Gasteiger partial charge in [0.15, 0.2) is 5.82 Å². The van der Waals surface area contributed by atoms with Crippen LogP contribution in [0.3, 0.4) is 0 Å². The summed E-state index contributed by atoms with van der Waals surface area (Å²) < 4.78 is 5.33. The molecular weight excluding hydrogens is 216 g/mol. The van der Waals surface area contributed by atoms with Crippen LogP contribution >= 0.6 is 0 Å². The van der Waals surface area contributed by atoms with E-state index in [-0.39, 0.29) is 5.41 Å². The zero-order valence-corrected chi connectivity index (χ0v) is 11.1. The Hall–Kier alpha value is -0.940. The normalized spacial score (nSPS) is 30.5. The second-order valence-electron chi connectivity index (χ2n) is 6.07. The Kier molecular flexibility index (Phi) is 2.99. The summed E-state index contributed by atoms with van der Waals surface area (Å²) >= 11 is 0. The molecule has 96 valence electrons. The third-order valence-electron chi connectivity index (χ3n) is 3.53. The first-order valence-corrected chi connectivity index (χ1v) is 6.18. The summed E-state index contributed by atoms with van der Waals surface area (Å²) in [6.45, 7) is 10.1. The van der Waals surface area contributed by atoms with Crippen LogP contribution in [-0.2, 0) is 11.0 Å². The van der Waals surface area contributed by atoms with E-state index in [1.165, 1.54) is 0 Å². The summed E-state index contributed by atoms with van der Waals surface area (Å²) in [5, 5.41) is 7.42. The standard InChI is InChI=1S/C12H22N4O/c1-8-7-14-6-5-12(8,13)9-15-10(17-16-9)11(2,3)4/h8,14H,5-7,13H2,1-4H3. The van der Waals surface area contributed by atoms with Crippen LogP contribution in [0.25, 0.3) is 0 Å². The van der Waals surface area contributed by atoms with Crippen LogP contribution in [0, 0.1) is 5.92 Å². The van der Waals surface area contributed by atoms with Gasteiger partial charge >= 0.3 is 0 Å². The molecule has 5 heteroatoms. The summed E-state index contributed by atoms with van der Waals surface area (Å²) in [6, 6.07) is 0. The van der Waals surface area contributed by atoms with E-state index in [2.05, 4.69) is 43.2 Å². The number of nitrogens with one attached hydrogen (secondary N) is 1. The lowest BCUT2D eigenvalue weighted by molar-refractivity contribution is 0.204. The molecule has 2 rings (SSSR count). The Bertz CT molecular complexity index is 395. The quantitative estimate of drug-likeness (QED) is 0.767. The number of nitrogens with zero attached hydrogens (tertiary/aromatic N) is 2. The maximum Gasteiger partial charge on any atom is 0.232 e. The van der Waals surface area contributed by atoms with Crippen LogP contribution < -0.4 is 11.1 Å². The molecule has 5 nitrogen and oxygen atoms in total. The van der Waals surface area contributed by atoms with Gasteiger partial charge in [0, 0.05) is 5.41 Å². The van der Waals surface area contributed by atoms with Crippen LogP contribution in [0.5, 0.6) is 0 Å². The van der Waals surface area contributed by atoms with Gasteiger partial charge in [-0.3, -0.25) is 0 Å². The van der Waals surface area contributed by atoms with E-state index in [9.17, 15) is 0 Å². The van der Waals surface area contributed by atoms with Crippen molar-refractivity contribution in [3.63, 3.8) is 0 Å². The molecule has 0 aliphatic carbocycles. The molecule has 0 spiro atoms. The lowest BCUT2D eigenvalue weighted by Crippen LogP contribution is -2.53.